The number of pyridine rings is 1. The van der Waals surface area contributed by atoms with E-state index in [1.165, 1.54) is 16.7 Å². The van der Waals surface area contributed by atoms with Gasteiger partial charge in [-0.2, -0.15) is 0 Å². The number of aryl methyl sites for hydroxylation is 1. The minimum atomic E-state index is 0.321. The van der Waals surface area contributed by atoms with Crippen LogP contribution >= 0.6 is 0 Å². The molecule has 26 heavy (non-hydrogen) atoms. The van der Waals surface area contributed by atoms with Crippen molar-refractivity contribution in [2.45, 2.75) is 31.8 Å². The molecular formula is C21H21N5. The maximum absolute atomic E-state index is 4.90. The molecule has 0 saturated carbocycles. The zero-order valence-electron chi connectivity index (χ0n) is 14.6. The van der Waals surface area contributed by atoms with Crippen molar-refractivity contribution in [3.05, 3.63) is 71.2 Å². The monoisotopic (exact) mass is 343 g/mol. The van der Waals surface area contributed by atoms with Gasteiger partial charge in [0.1, 0.15) is 5.82 Å². The normalized spacial score (nSPS) is 18.2. The van der Waals surface area contributed by atoms with Crippen LogP contribution in [0.2, 0.25) is 0 Å². The van der Waals surface area contributed by atoms with Crippen LogP contribution in [0.4, 0.5) is 5.82 Å². The highest BCUT2D eigenvalue weighted by atomic mass is 15.1. The summed E-state index contributed by atoms with van der Waals surface area (Å²) in [5, 5.41) is 7.16. The van der Waals surface area contributed by atoms with Gasteiger partial charge < -0.3 is 10.6 Å². The van der Waals surface area contributed by atoms with Gasteiger partial charge in [0.15, 0.2) is 5.82 Å². The van der Waals surface area contributed by atoms with Crippen LogP contribution < -0.4 is 10.6 Å². The summed E-state index contributed by atoms with van der Waals surface area (Å²) in [5.74, 6) is 1.73. The predicted octanol–water partition coefficient (Wildman–Crippen LogP) is 3.28. The highest BCUT2D eigenvalue weighted by molar-refractivity contribution is 5.60. The minimum Gasteiger partial charge on any atom is -0.363 e. The largest absolute Gasteiger partial charge is 0.363 e. The molecule has 0 unspecified atom stereocenters. The van der Waals surface area contributed by atoms with Crippen molar-refractivity contribution >= 4 is 5.82 Å². The molecule has 2 aliphatic rings. The maximum Gasteiger partial charge on any atom is 0.163 e. The lowest BCUT2D eigenvalue weighted by Gasteiger charge is -2.23. The maximum atomic E-state index is 4.90. The van der Waals surface area contributed by atoms with Crippen LogP contribution in [-0.4, -0.2) is 21.5 Å². The fourth-order valence-electron chi connectivity index (χ4n) is 3.98. The molecule has 0 radical (unpaired) electrons. The summed E-state index contributed by atoms with van der Waals surface area (Å²) in [5.41, 5.74) is 6.15. The topological polar surface area (TPSA) is 62.7 Å². The van der Waals surface area contributed by atoms with E-state index in [4.69, 9.17) is 9.97 Å². The minimum absolute atomic E-state index is 0.321. The van der Waals surface area contributed by atoms with Gasteiger partial charge in [-0.25, -0.2) is 9.97 Å². The van der Waals surface area contributed by atoms with Crippen LogP contribution in [-0.2, 0) is 19.4 Å². The first-order valence-electron chi connectivity index (χ1n) is 9.24. The Hall–Kier alpha value is -2.79. The molecule has 130 valence electrons. The summed E-state index contributed by atoms with van der Waals surface area (Å²) in [6.07, 6.45) is 6.79. The van der Waals surface area contributed by atoms with E-state index in [0.717, 1.165) is 55.3 Å². The standard InChI is InChI=1S/C21H21N5/c1-2-6-16-14(4-1)7-8-18(16)24-21-17-9-11-23-13-19(17)25-20(26-21)15-5-3-10-22-12-15/h1-6,10,12,18,23H,7-9,11,13H2,(H,24,25,26)/t18-/m1/s1. The van der Waals surface area contributed by atoms with Gasteiger partial charge >= 0.3 is 0 Å². The molecular weight excluding hydrogens is 322 g/mol. The van der Waals surface area contributed by atoms with Gasteiger partial charge in [-0.15, -0.1) is 0 Å². The molecule has 1 aliphatic carbocycles. The fraction of sp³-hybridized carbons (Fsp3) is 0.286. The first-order chi connectivity index (χ1) is 12.9. The molecule has 0 bridgehead atoms. The van der Waals surface area contributed by atoms with Crippen LogP contribution in [0.5, 0.6) is 0 Å². The average Bonchev–Trinajstić information content (AvgIpc) is 3.11. The van der Waals surface area contributed by atoms with E-state index < -0.39 is 0 Å². The zero-order valence-corrected chi connectivity index (χ0v) is 14.6. The lowest BCUT2D eigenvalue weighted by molar-refractivity contribution is 0.623. The first kappa shape index (κ1) is 15.5. The number of benzene rings is 1. The Kier molecular flexibility index (Phi) is 3.87. The molecule has 5 heteroatoms. The third-order valence-electron chi connectivity index (χ3n) is 5.30. The van der Waals surface area contributed by atoms with Gasteiger partial charge in [0.2, 0.25) is 0 Å². The van der Waals surface area contributed by atoms with E-state index in [0.29, 0.717) is 6.04 Å². The molecule has 0 saturated heterocycles. The van der Waals surface area contributed by atoms with Crippen molar-refractivity contribution in [3.63, 3.8) is 0 Å². The van der Waals surface area contributed by atoms with Crippen molar-refractivity contribution in [2.24, 2.45) is 0 Å². The predicted molar refractivity (Wildman–Crippen MR) is 102 cm³/mol. The SMILES string of the molecule is c1cncc(-c2nc3c(c(N[C@@H]4CCc5ccccc54)n2)CCNC3)c1. The highest BCUT2D eigenvalue weighted by Crippen LogP contribution is 2.35. The molecule has 2 aromatic heterocycles. The van der Waals surface area contributed by atoms with E-state index in [-0.39, 0.29) is 0 Å². The molecule has 1 aliphatic heterocycles. The molecule has 1 atom stereocenters. The number of anilines is 1. The Morgan fingerprint density at radius 3 is 2.92 bits per heavy atom. The molecule has 3 heterocycles. The van der Waals surface area contributed by atoms with Gasteiger partial charge in [-0.1, -0.05) is 24.3 Å². The number of hydrogen-bond acceptors (Lipinski definition) is 5. The Morgan fingerprint density at radius 2 is 2.00 bits per heavy atom. The van der Waals surface area contributed by atoms with E-state index in [9.17, 15) is 0 Å². The second-order valence-corrected chi connectivity index (χ2v) is 6.92. The van der Waals surface area contributed by atoms with E-state index in [2.05, 4.69) is 39.9 Å². The van der Waals surface area contributed by atoms with Crippen molar-refractivity contribution in [2.75, 3.05) is 11.9 Å². The zero-order chi connectivity index (χ0) is 17.3. The molecule has 5 nitrogen and oxygen atoms in total. The van der Waals surface area contributed by atoms with Crippen LogP contribution in [0.3, 0.4) is 0 Å². The smallest absolute Gasteiger partial charge is 0.163 e. The third-order valence-corrected chi connectivity index (χ3v) is 5.30. The number of fused-ring (bicyclic) bond motifs is 2. The Balaban J connectivity index is 1.55. The lowest BCUT2D eigenvalue weighted by atomic mass is 10.0. The van der Waals surface area contributed by atoms with Crippen LogP contribution in [0, 0.1) is 0 Å². The lowest BCUT2D eigenvalue weighted by Crippen LogP contribution is -2.27. The molecule has 2 N–H and O–H groups in total. The summed E-state index contributed by atoms with van der Waals surface area (Å²) in [7, 11) is 0. The first-order valence-corrected chi connectivity index (χ1v) is 9.24. The molecule has 0 spiro atoms. The molecule has 5 rings (SSSR count). The Morgan fingerprint density at radius 1 is 1.04 bits per heavy atom. The van der Waals surface area contributed by atoms with Crippen LogP contribution in [0.25, 0.3) is 11.4 Å². The van der Waals surface area contributed by atoms with Crippen molar-refractivity contribution in [3.8, 4) is 11.4 Å². The van der Waals surface area contributed by atoms with Crippen LogP contribution in [0.1, 0.15) is 34.8 Å². The average molecular weight is 343 g/mol. The third kappa shape index (κ3) is 2.74. The second-order valence-electron chi connectivity index (χ2n) is 6.92. The highest BCUT2D eigenvalue weighted by Gasteiger charge is 2.25. The fourth-order valence-corrected chi connectivity index (χ4v) is 3.98. The summed E-state index contributed by atoms with van der Waals surface area (Å²) in [6, 6.07) is 13.0. The molecule has 3 aromatic rings. The van der Waals surface area contributed by atoms with Gasteiger partial charge in [0.05, 0.1) is 11.7 Å². The second kappa shape index (κ2) is 6.50. The molecule has 1 aromatic carbocycles. The van der Waals surface area contributed by atoms with E-state index in [1.54, 1.807) is 6.20 Å². The van der Waals surface area contributed by atoms with Gasteiger partial charge in [0.25, 0.3) is 0 Å². The number of nitrogens with zero attached hydrogens (tertiary/aromatic N) is 3. The summed E-state index contributed by atoms with van der Waals surface area (Å²) in [4.78, 5) is 13.9. The Bertz CT molecular complexity index is 938. The number of aromatic nitrogens is 3. The summed E-state index contributed by atoms with van der Waals surface area (Å²) < 4.78 is 0. The molecule has 0 fully saturated rings. The summed E-state index contributed by atoms with van der Waals surface area (Å²) in [6.45, 7) is 1.76. The van der Waals surface area contributed by atoms with Gasteiger partial charge in [-0.3, -0.25) is 4.98 Å². The Labute approximate surface area is 152 Å². The quantitative estimate of drug-likeness (QED) is 0.764. The summed E-state index contributed by atoms with van der Waals surface area (Å²) >= 11 is 0. The van der Waals surface area contributed by atoms with Gasteiger partial charge in [-0.05, 0) is 49.1 Å². The number of rotatable bonds is 3. The number of nitrogens with one attached hydrogen (secondary N) is 2. The van der Waals surface area contributed by atoms with Crippen molar-refractivity contribution < 1.29 is 0 Å². The van der Waals surface area contributed by atoms with Crippen molar-refractivity contribution in [1.82, 2.24) is 20.3 Å². The van der Waals surface area contributed by atoms with E-state index >= 15 is 0 Å². The number of hydrogen-bond donors (Lipinski definition) is 2. The van der Waals surface area contributed by atoms with Crippen LogP contribution in [0.15, 0.2) is 48.8 Å². The van der Waals surface area contributed by atoms with E-state index in [1.807, 2.05) is 18.3 Å². The van der Waals surface area contributed by atoms with Crippen molar-refractivity contribution in [1.29, 1.82) is 0 Å². The van der Waals surface area contributed by atoms with Gasteiger partial charge in [0, 0.05) is 30.1 Å². The molecule has 0 amide bonds.